The van der Waals surface area contributed by atoms with E-state index in [1.54, 1.807) is 19.1 Å². The Hall–Kier alpha value is -2.07. The van der Waals surface area contributed by atoms with E-state index in [1.165, 1.54) is 28.6 Å². The standard InChI is InChI=1S/C11H10FN5S/c1-7(6-13)18-11-16-15-10(17(11)14)8-2-4-9(12)5-3-8/h2-5,7H,14H2,1H3. The summed E-state index contributed by atoms with van der Waals surface area (Å²) in [6, 6.07) is 7.88. The van der Waals surface area contributed by atoms with Crippen molar-refractivity contribution in [1.29, 1.82) is 5.26 Å². The van der Waals surface area contributed by atoms with Crippen molar-refractivity contribution in [3.05, 3.63) is 30.1 Å². The van der Waals surface area contributed by atoms with Gasteiger partial charge >= 0.3 is 0 Å². The molecule has 0 amide bonds. The van der Waals surface area contributed by atoms with Crippen molar-refractivity contribution in [2.24, 2.45) is 0 Å². The second kappa shape index (κ2) is 5.06. The first kappa shape index (κ1) is 12.4. The summed E-state index contributed by atoms with van der Waals surface area (Å²) in [5.41, 5.74) is 0.669. The number of halogens is 1. The van der Waals surface area contributed by atoms with Crippen LogP contribution in [-0.4, -0.2) is 20.1 Å². The Labute approximate surface area is 107 Å². The number of aromatic nitrogens is 3. The Morgan fingerprint density at radius 2 is 2.06 bits per heavy atom. The maximum Gasteiger partial charge on any atom is 0.211 e. The van der Waals surface area contributed by atoms with Crippen molar-refractivity contribution in [2.45, 2.75) is 17.3 Å². The first-order valence-electron chi connectivity index (χ1n) is 5.14. The van der Waals surface area contributed by atoms with E-state index < -0.39 is 0 Å². The molecule has 7 heteroatoms. The largest absolute Gasteiger partial charge is 0.335 e. The molecule has 2 aromatic rings. The Kier molecular flexibility index (Phi) is 3.48. The topological polar surface area (TPSA) is 80.5 Å². The van der Waals surface area contributed by atoms with Crippen LogP contribution in [0.2, 0.25) is 0 Å². The average molecular weight is 263 g/mol. The molecule has 0 bridgehead atoms. The predicted octanol–water partition coefficient (Wildman–Crippen LogP) is 1.80. The summed E-state index contributed by atoms with van der Waals surface area (Å²) in [6.45, 7) is 1.75. The summed E-state index contributed by atoms with van der Waals surface area (Å²) in [6.07, 6.45) is 0. The van der Waals surface area contributed by atoms with Gasteiger partial charge in [-0.1, -0.05) is 11.8 Å². The van der Waals surface area contributed by atoms with E-state index >= 15 is 0 Å². The van der Waals surface area contributed by atoms with Crippen molar-refractivity contribution in [3.8, 4) is 17.5 Å². The fourth-order valence-electron chi connectivity index (χ4n) is 1.34. The molecule has 2 rings (SSSR count). The lowest BCUT2D eigenvalue weighted by molar-refractivity contribution is 0.628. The predicted molar refractivity (Wildman–Crippen MR) is 66.5 cm³/mol. The van der Waals surface area contributed by atoms with Crippen LogP contribution in [0.4, 0.5) is 4.39 Å². The molecular weight excluding hydrogens is 253 g/mol. The Morgan fingerprint density at radius 1 is 1.39 bits per heavy atom. The fraction of sp³-hybridized carbons (Fsp3) is 0.182. The first-order valence-corrected chi connectivity index (χ1v) is 6.02. The number of rotatable bonds is 3. The van der Waals surface area contributed by atoms with E-state index in [4.69, 9.17) is 11.1 Å². The molecule has 0 radical (unpaired) electrons. The van der Waals surface area contributed by atoms with E-state index in [9.17, 15) is 4.39 Å². The third-order valence-electron chi connectivity index (χ3n) is 2.23. The summed E-state index contributed by atoms with van der Waals surface area (Å²) >= 11 is 1.22. The van der Waals surface area contributed by atoms with Crippen molar-refractivity contribution in [1.82, 2.24) is 14.9 Å². The van der Waals surface area contributed by atoms with Gasteiger partial charge in [0.2, 0.25) is 5.16 Å². The van der Waals surface area contributed by atoms with Crippen molar-refractivity contribution in [2.75, 3.05) is 5.84 Å². The van der Waals surface area contributed by atoms with Gasteiger partial charge in [0.25, 0.3) is 0 Å². The summed E-state index contributed by atoms with van der Waals surface area (Å²) in [7, 11) is 0. The molecule has 0 spiro atoms. The van der Waals surface area contributed by atoms with Gasteiger partial charge in [-0.25, -0.2) is 9.07 Å². The van der Waals surface area contributed by atoms with Crippen LogP contribution in [0.3, 0.4) is 0 Å². The first-order chi connectivity index (χ1) is 8.61. The monoisotopic (exact) mass is 263 g/mol. The van der Waals surface area contributed by atoms with Crippen LogP contribution >= 0.6 is 11.8 Å². The van der Waals surface area contributed by atoms with E-state index in [2.05, 4.69) is 16.3 Å². The molecule has 1 atom stereocenters. The lowest BCUT2D eigenvalue weighted by atomic mass is 10.2. The highest BCUT2D eigenvalue weighted by Gasteiger charge is 2.14. The van der Waals surface area contributed by atoms with Gasteiger partial charge in [0.1, 0.15) is 5.82 Å². The highest BCUT2D eigenvalue weighted by Crippen LogP contribution is 2.24. The van der Waals surface area contributed by atoms with Gasteiger partial charge in [0.05, 0.1) is 11.3 Å². The van der Waals surface area contributed by atoms with E-state index in [-0.39, 0.29) is 11.1 Å². The lowest BCUT2D eigenvalue weighted by Crippen LogP contribution is -2.12. The molecule has 2 N–H and O–H groups in total. The Balaban J connectivity index is 2.31. The molecule has 18 heavy (non-hydrogen) atoms. The zero-order chi connectivity index (χ0) is 13.1. The molecule has 0 saturated heterocycles. The van der Waals surface area contributed by atoms with Crippen LogP contribution in [-0.2, 0) is 0 Å². The van der Waals surface area contributed by atoms with E-state index in [1.807, 2.05) is 0 Å². The Bertz CT molecular complexity index is 586. The van der Waals surface area contributed by atoms with Gasteiger partial charge in [-0.15, -0.1) is 10.2 Å². The second-order valence-electron chi connectivity index (χ2n) is 3.57. The fourth-order valence-corrected chi connectivity index (χ4v) is 1.99. The van der Waals surface area contributed by atoms with Gasteiger partial charge in [-0.05, 0) is 31.2 Å². The smallest absolute Gasteiger partial charge is 0.211 e. The van der Waals surface area contributed by atoms with Gasteiger partial charge in [-0.3, -0.25) is 0 Å². The molecule has 1 aromatic heterocycles. The van der Waals surface area contributed by atoms with Gasteiger partial charge < -0.3 is 5.84 Å². The number of hydrogen-bond acceptors (Lipinski definition) is 5. The van der Waals surface area contributed by atoms with Crippen molar-refractivity contribution < 1.29 is 4.39 Å². The minimum absolute atomic E-state index is 0.266. The zero-order valence-electron chi connectivity index (χ0n) is 9.54. The molecule has 0 aliphatic carbocycles. The molecule has 1 aromatic carbocycles. The maximum absolute atomic E-state index is 12.8. The molecule has 5 nitrogen and oxygen atoms in total. The lowest BCUT2D eigenvalue weighted by Gasteiger charge is -2.04. The summed E-state index contributed by atoms with van der Waals surface area (Å²) in [4.78, 5) is 0. The van der Waals surface area contributed by atoms with Crippen molar-refractivity contribution in [3.63, 3.8) is 0 Å². The number of nitrogens with two attached hydrogens (primary N) is 1. The van der Waals surface area contributed by atoms with E-state index in [0.29, 0.717) is 16.5 Å². The number of benzene rings is 1. The molecule has 92 valence electrons. The number of nitriles is 1. The molecule has 0 aliphatic rings. The van der Waals surface area contributed by atoms with Crippen LogP contribution < -0.4 is 5.84 Å². The number of nitrogen functional groups attached to an aromatic ring is 1. The summed E-state index contributed by atoms with van der Waals surface area (Å²) in [5.74, 6) is 5.95. The van der Waals surface area contributed by atoms with Gasteiger partial charge in [0, 0.05) is 5.56 Å². The van der Waals surface area contributed by atoms with E-state index in [0.717, 1.165) is 0 Å². The number of hydrogen-bond donors (Lipinski definition) is 1. The molecular formula is C11H10FN5S. The number of nitrogens with zero attached hydrogens (tertiary/aromatic N) is 4. The normalized spacial score (nSPS) is 12.1. The summed E-state index contributed by atoms with van der Waals surface area (Å²) in [5, 5.41) is 16.8. The van der Waals surface area contributed by atoms with Crippen LogP contribution in [0.1, 0.15) is 6.92 Å². The quantitative estimate of drug-likeness (QED) is 0.674. The number of thioether (sulfide) groups is 1. The average Bonchev–Trinajstić information content (AvgIpc) is 2.72. The summed E-state index contributed by atoms with van der Waals surface area (Å²) < 4.78 is 14.1. The molecule has 1 unspecified atom stereocenters. The highest BCUT2D eigenvalue weighted by molar-refractivity contribution is 8.00. The maximum atomic E-state index is 12.8. The molecule has 1 heterocycles. The van der Waals surface area contributed by atoms with Crippen molar-refractivity contribution >= 4 is 11.8 Å². The van der Waals surface area contributed by atoms with Gasteiger partial charge in [0.15, 0.2) is 5.82 Å². The zero-order valence-corrected chi connectivity index (χ0v) is 10.4. The van der Waals surface area contributed by atoms with Crippen LogP contribution in [0.15, 0.2) is 29.4 Å². The minimum atomic E-state index is -0.325. The minimum Gasteiger partial charge on any atom is -0.335 e. The second-order valence-corrected chi connectivity index (χ2v) is 4.88. The Morgan fingerprint density at radius 3 is 2.67 bits per heavy atom. The molecule has 0 saturated carbocycles. The third-order valence-corrected chi connectivity index (χ3v) is 3.18. The SMILES string of the molecule is CC(C#N)Sc1nnc(-c2ccc(F)cc2)n1N. The van der Waals surface area contributed by atoms with Crippen LogP contribution in [0.25, 0.3) is 11.4 Å². The molecule has 0 aliphatic heterocycles. The van der Waals surface area contributed by atoms with Crippen LogP contribution in [0.5, 0.6) is 0 Å². The molecule has 0 fully saturated rings. The van der Waals surface area contributed by atoms with Crippen LogP contribution in [0, 0.1) is 17.1 Å². The van der Waals surface area contributed by atoms with Gasteiger partial charge in [-0.2, -0.15) is 5.26 Å². The highest BCUT2D eigenvalue weighted by atomic mass is 32.2. The third kappa shape index (κ3) is 2.43.